The van der Waals surface area contributed by atoms with Crippen LogP contribution in [-0.4, -0.2) is 24.1 Å². The minimum atomic E-state index is 0.489. The Kier molecular flexibility index (Phi) is 6.71. The number of hydrogen-bond donors (Lipinski definition) is 0. The average molecular weight is 794 g/mol. The van der Waals surface area contributed by atoms with Crippen LogP contribution in [0.2, 0.25) is 0 Å². The molecule has 288 valence electrons. The van der Waals surface area contributed by atoms with Gasteiger partial charge in [0.15, 0.2) is 11.6 Å². The quantitative estimate of drug-likeness (QED) is 0.177. The van der Waals surface area contributed by atoms with Gasteiger partial charge in [-0.2, -0.15) is 9.97 Å². The third kappa shape index (κ3) is 4.61. The summed E-state index contributed by atoms with van der Waals surface area (Å²) < 4.78 is 17.9. The lowest BCUT2D eigenvalue weighted by Crippen LogP contribution is -2.08. The first-order valence-corrected chi connectivity index (χ1v) is 20.8. The normalized spacial score (nSPS) is 12.2. The predicted molar refractivity (Wildman–Crippen MR) is 251 cm³/mol. The predicted octanol–water partition coefficient (Wildman–Crippen LogP) is 14.4. The third-order valence-electron chi connectivity index (χ3n) is 12.6. The van der Waals surface area contributed by atoms with Crippen LogP contribution in [0, 0.1) is 0 Å². The zero-order valence-electron chi connectivity index (χ0n) is 33.0. The van der Waals surface area contributed by atoms with Crippen molar-refractivity contribution >= 4 is 98.3 Å². The van der Waals surface area contributed by atoms with E-state index in [1.807, 2.05) is 42.5 Å². The van der Waals surface area contributed by atoms with Crippen LogP contribution in [0.25, 0.3) is 133 Å². The van der Waals surface area contributed by atoms with Gasteiger partial charge in [0.1, 0.15) is 22.3 Å². The molecule has 0 saturated carbocycles. The molecule has 0 atom stereocenters. The maximum atomic E-state index is 6.97. The fraction of sp³-hybridized carbons (Fsp3) is 0. The van der Waals surface area contributed by atoms with Crippen LogP contribution in [0.3, 0.4) is 0 Å². The highest BCUT2D eigenvalue weighted by molar-refractivity contribution is 6.17. The summed E-state index contributed by atoms with van der Waals surface area (Å²) in [6.45, 7) is 0. The summed E-state index contributed by atoms with van der Waals surface area (Å²) in [6.07, 6.45) is 0. The van der Waals surface area contributed by atoms with E-state index in [1.165, 1.54) is 5.39 Å². The number of hydrogen-bond acceptors (Lipinski definition) is 5. The van der Waals surface area contributed by atoms with Crippen LogP contribution >= 0.6 is 0 Å². The summed E-state index contributed by atoms with van der Waals surface area (Å²) in [5.74, 6) is 1.51. The highest BCUT2D eigenvalue weighted by Crippen LogP contribution is 2.44. The Morgan fingerprint density at radius 1 is 0.355 bits per heavy atom. The van der Waals surface area contributed by atoms with Crippen LogP contribution in [0.5, 0.6) is 0 Å². The van der Waals surface area contributed by atoms with E-state index < -0.39 is 0 Å². The van der Waals surface area contributed by atoms with Gasteiger partial charge in [-0.1, -0.05) is 127 Å². The van der Waals surface area contributed by atoms with E-state index in [0.29, 0.717) is 23.2 Å². The van der Waals surface area contributed by atoms with Gasteiger partial charge in [-0.25, -0.2) is 4.98 Å². The lowest BCUT2D eigenvalue weighted by Gasteiger charge is -2.16. The van der Waals surface area contributed by atoms with E-state index in [9.17, 15) is 0 Å². The Labute approximate surface area is 352 Å². The van der Waals surface area contributed by atoms with E-state index >= 15 is 0 Å². The lowest BCUT2D eigenvalue weighted by molar-refractivity contribution is 0.668. The Hall–Kier alpha value is -8.55. The molecule has 0 aliphatic carbocycles. The van der Waals surface area contributed by atoms with E-state index in [4.69, 9.17) is 23.8 Å². The van der Waals surface area contributed by atoms with Crippen LogP contribution in [-0.2, 0) is 0 Å². The maximum absolute atomic E-state index is 6.97. The van der Waals surface area contributed by atoms with E-state index in [1.54, 1.807) is 0 Å². The van der Waals surface area contributed by atoms with Crippen molar-refractivity contribution < 1.29 is 8.83 Å². The summed E-state index contributed by atoms with van der Waals surface area (Å²) in [6, 6.07) is 65.5. The van der Waals surface area contributed by atoms with E-state index in [2.05, 4.69) is 155 Å². The summed E-state index contributed by atoms with van der Waals surface area (Å²) in [7, 11) is 0. The zero-order chi connectivity index (χ0) is 40.5. The first kappa shape index (κ1) is 33.3. The van der Waals surface area contributed by atoms with Crippen molar-refractivity contribution in [1.29, 1.82) is 0 Å². The lowest BCUT2D eigenvalue weighted by atomic mass is 10.0. The molecule has 7 heteroatoms. The molecule has 0 spiro atoms. The Morgan fingerprint density at radius 3 is 1.66 bits per heavy atom. The van der Waals surface area contributed by atoms with Gasteiger partial charge in [-0.3, -0.25) is 4.57 Å². The largest absolute Gasteiger partial charge is 0.456 e. The van der Waals surface area contributed by atoms with Crippen LogP contribution in [0.4, 0.5) is 0 Å². The van der Waals surface area contributed by atoms with Crippen molar-refractivity contribution in [2.24, 2.45) is 0 Å². The Balaban J connectivity index is 1.16. The third-order valence-corrected chi connectivity index (χ3v) is 12.6. The molecule has 14 aromatic rings. The van der Waals surface area contributed by atoms with E-state index in [-0.39, 0.29) is 0 Å². The van der Waals surface area contributed by atoms with Gasteiger partial charge in [0.05, 0.1) is 33.3 Å². The van der Waals surface area contributed by atoms with Crippen molar-refractivity contribution in [3.63, 3.8) is 0 Å². The molecular formula is C55H31N5O2. The van der Waals surface area contributed by atoms with Gasteiger partial charge in [-0.15, -0.1) is 0 Å². The second kappa shape index (κ2) is 12.5. The molecule has 0 aliphatic heterocycles. The molecule has 0 radical (unpaired) electrons. The highest BCUT2D eigenvalue weighted by atomic mass is 16.3. The van der Waals surface area contributed by atoms with E-state index in [0.717, 1.165) is 104 Å². The van der Waals surface area contributed by atoms with Crippen molar-refractivity contribution in [2.45, 2.75) is 0 Å². The van der Waals surface area contributed by atoms with Gasteiger partial charge < -0.3 is 13.4 Å². The number of benzene rings is 9. The first-order valence-electron chi connectivity index (χ1n) is 20.8. The van der Waals surface area contributed by atoms with Gasteiger partial charge in [0.25, 0.3) is 0 Å². The Bertz CT molecular complexity index is 4130. The summed E-state index contributed by atoms with van der Waals surface area (Å²) in [5.41, 5.74) is 9.73. The molecule has 0 aliphatic rings. The zero-order valence-corrected chi connectivity index (χ0v) is 33.0. The van der Waals surface area contributed by atoms with Crippen molar-refractivity contribution in [1.82, 2.24) is 24.1 Å². The minimum absolute atomic E-state index is 0.489. The monoisotopic (exact) mass is 793 g/mol. The summed E-state index contributed by atoms with van der Waals surface area (Å²) in [5, 5.41) is 10.9. The summed E-state index contributed by atoms with van der Waals surface area (Å²) >= 11 is 0. The molecule has 62 heavy (non-hydrogen) atoms. The number of nitrogens with zero attached hydrogens (tertiary/aromatic N) is 5. The van der Waals surface area contributed by atoms with Crippen molar-refractivity contribution in [2.75, 3.05) is 0 Å². The molecule has 9 aromatic carbocycles. The molecule has 0 bridgehead atoms. The molecule has 5 aromatic heterocycles. The minimum Gasteiger partial charge on any atom is -0.456 e. The summed E-state index contributed by atoms with van der Waals surface area (Å²) in [4.78, 5) is 16.5. The highest BCUT2D eigenvalue weighted by Gasteiger charge is 2.26. The second-order valence-corrected chi connectivity index (χ2v) is 15.9. The number of furan rings is 2. The second-order valence-electron chi connectivity index (χ2n) is 15.9. The van der Waals surface area contributed by atoms with Crippen molar-refractivity contribution in [3.8, 4) is 34.4 Å². The smallest absolute Gasteiger partial charge is 0.238 e. The number of aromatic nitrogens is 5. The SMILES string of the molecule is c1ccc2cc3c(cc2c1)c1ccccc1n3-c1ccc2c(oc3ccccc32)c1-c1nc(-c2cccc3oc4ccccc4c23)nc(-n2c3ccccc3c3ccccc32)n1. The van der Waals surface area contributed by atoms with Gasteiger partial charge >= 0.3 is 0 Å². The molecule has 0 fully saturated rings. The standard InChI is InChI=1S/C55H31N5O2/c1-2-15-33-31-46-41(30-32(33)14-1)36-18-5-8-22-42(36)59(46)45-29-28-38-37-19-6-11-25-47(37)62-52(38)51(45)54-56-53(40-21-13-27-49-50(40)39-20-7-12-26-48(39)61-49)57-55(58-54)60-43-23-9-3-16-34(43)35-17-4-10-24-44(35)60/h1-31H. The van der Waals surface area contributed by atoms with Crippen molar-refractivity contribution in [3.05, 3.63) is 188 Å². The van der Waals surface area contributed by atoms with Crippen LogP contribution in [0.15, 0.2) is 197 Å². The molecule has 0 N–H and O–H groups in total. The fourth-order valence-corrected chi connectivity index (χ4v) is 9.89. The number of para-hydroxylation sites is 5. The molecule has 5 heterocycles. The van der Waals surface area contributed by atoms with Crippen LogP contribution < -0.4 is 0 Å². The molecular weight excluding hydrogens is 763 g/mol. The number of rotatable bonds is 4. The molecule has 0 saturated heterocycles. The molecule has 7 nitrogen and oxygen atoms in total. The molecule has 0 amide bonds. The topological polar surface area (TPSA) is 74.8 Å². The Morgan fingerprint density at radius 2 is 0.919 bits per heavy atom. The van der Waals surface area contributed by atoms with Gasteiger partial charge in [-0.05, 0) is 71.4 Å². The van der Waals surface area contributed by atoms with Gasteiger partial charge in [0.2, 0.25) is 5.95 Å². The average Bonchev–Trinajstić information content (AvgIpc) is 4.08. The molecule has 0 unspecified atom stereocenters. The van der Waals surface area contributed by atoms with Crippen LogP contribution in [0.1, 0.15) is 0 Å². The number of fused-ring (bicyclic) bond motifs is 13. The molecule has 14 rings (SSSR count). The van der Waals surface area contributed by atoms with Gasteiger partial charge in [0, 0.05) is 48.7 Å². The fourth-order valence-electron chi connectivity index (χ4n) is 9.89. The maximum Gasteiger partial charge on any atom is 0.238 e. The first-order chi connectivity index (χ1) is 30.7.